The molecule has 0 atom stereocenters. The summed E-state index contributed by atoms with van der Waals surface area (Å²) in [6.07, 6.45) is 2.13. The Hall–Kier alpha value is -2.30. The van der Waals surface area contributed by atoms with E-state index in [4.69, 9.17) is 4.74 Å². The molecular weight excluding hydrogens is 278 g/mol. The number of rotatable bonds is 6. The maximum Gasteiger partial charge on any atom is 0.280 e. The van der Waals surface area contributed by atoms with E-state index in [1.165, 1.54) is 0 Å². The molecule has 1 aromatic heterocycles. The summed E-state index contributed by atoms with van der Waals surface area (Å²) in [4.78, 5) is 17.1. The standard InChI is InChI=1S/C17H23N3O2/c1-5-6-11-18-12(2)16-13(3)19-20(17(16)21)14-7-9-15(22-4)10-8-14/h7-10,19H,5-6,11H2,1-4H3. The number of unbranched alkanes of at least 4 members (excludes halogenated alkanes) is 1. The number of aromatic nitrogens is 2. The Morgan fingerprint density at radius 1 is 1.32 bits per heavy atom. The molecule has 0 spiro atoms. The van der Waals surface area contributed by atoms with Gasteiger partial charge in [0.2, 0.25) is 0 Å². The van der Waals surface area contributed by atoms with Crippen LogP contribution in [0.25, 0.3) is 5.69 Å². The van der Waals surface area contributed by atoms with Crippen molar-refractivity contribution in [3.63, 3.8) is 0 Å². The molecular formula is C17H23N3O2. The average Bonchev–Trinajstić information content (AvgIpc) is 2.82. The fraction of sp³-hybridized carbons (Fsp3) is 0.412. The van der Waals surface area contributed by atoms with Crippen LogP contribution in [-0.4, -0.2) is 29.1 Å². The van der Waals surface area contributed by atoms with E-state index in [2.05, 4.69) is 17.0 Å². The second-order valence-corrected chi connectivity index (χ2v) is 5.27. The Bertz CT molecular complexity index is 708. The minimum Gasteiger partial charge on any atom is -0.497 e. The number of nitrogens with zero attached hydrogens (tertiary/aromatic N) is 2. The van der Waals surface area contributed by atoms with Crippen molar-refractivity contribution in [1.82, 2.24) is 9.78 Å². The molecule has 0 unspecified atom stereocenters. The molecule has 118 valence electrons. The second kappa shape index (κ2) is 7.11. The first-order valence-electron chi connectivity index (χ1n) is 7.56. The fourth-order valence-electron chi connectivity index (χ4n) is 2.37. The Balaban J connectivity index is 2.37. The number of hydrogen-bond donors (Lipinski definition) is 1. The number of aryl methyl sites for hydroxylation is 1. The zero-order chi connectivity index (χ0) is 16.1. The zero-order valence-electron chi connectivity index (χ0n) is 13.6. The van der Waals surface area contributed by atoms with Gasteiger partial charge in [-0.3, -0.25) is 14.9 Å². The Kier molecular flexibility index (Phi) is 5.20. The summed E-state index contributed by atoms with van der Waals surface area (Å²) in [7, 11) is 1.62. The molecule has 0 aliphatic heterocycles. The van der Waals surface area contributed by atoms with Crippen LogP contribution < -0.4 is 10.3 Å². The van der Waals surface area contributed by atoms with Crippen molar-refractivity contribution in [3.8, 4) is 11.4 Å². The van der Waals surface area contributed by atoms with Gasteiger partial charge in [-0.2, -0.15) is 0 Å². The number of ether oxygens (including phenoxy) is 1. The lowest BCUT2D eigenvalue weighted by molar-refractivity contribution is 0.414. The first-order chi connectivity index (χ1) is 10.6. The van der Waals surface area contributed by atoms with Crippen LogP contribution >= 0.6 is 0 Å². The van der Waals surface area contributed by atoms with E-state index < -0.39 is 0 Å². The maximum absolute atomic E-state index is 12.6. The highest BCUT2D eigenvalue weighted by molar-refractivity contribution is 5.99. The SMILES string of the molecule is CCCCN=C(C)c1c(C)[nH]n(-c2ccc(OC)cc2)c1=O. The number of methoxy groups -OCH3 is 1. The molecule has 5 nitrogen and oxygen atoms in total. The van der Waals surface area contributed by atoms with Crippen molar-refractivity contribution >= 4 is 5.71 Å². The summed E-state index contributed by atoms with van der Waals surface area (Å²) in [5, 5.41) is 3.12. The molecule has 2 aromatic rings. The molecule has 0 bridgehead atoms. The van der Waals surface area contributed by atoms with E-state index >= 15 is 0 Å². The number of aliphatic imine (C=N–C) groups is 1. The molecule has 0 radical (unpaired) electrons. The number of nitrogens with one attached hydrogen (secondary N) is 1. The van der Waals surface area contributed by atoms with Crippen molar-refractivity contribution in [1.29, 1.82) is 0 Å². The van der Waals surface area contributed by atoms with Crippen molar-refractivity contribution in [3.05, 3.63) is 45.9 Å². The van der Waals surface area contributed by atoms with E-state index in [9.17, 15) is 4.79 Å². The predicted molar refractivity (Wildman–Crippen MR) is 89.7 cm³/mol. The summed E-state index contributed by atoms with van der Waals surface area (Å²) >= 11 is 0. The Morgan fingerprint density at radius 2 is 2.00 bits per heavy atom. The molecule has 22 heavy (non-hydrogen) atoms. The molecule has 0 fully saturated rings. The van der Waals surface area contributed by atoms with E-state index in [-0.39, 0.29) is 5.56 Å². The summed E-state index contributed by atoms with van der Waals surface area (Å²) < 4.78 is 6.69. The quantitative estimate of drug-likeness (QED) is 0.658. The van der Waals surface area contributed by atoms with Gasteiger partial charge in [0.25, 0.3) is 5.56 Å². The minimum absolute atomic E-state index is 0.0691. The van der Waals surface area contributed by atoms with Crippen LogP contribution in [0.3, 0.4) is 0 Å². The van der Waals surface area contributed by atoms with E-state index in [0.717, 1.165) is 42.2 Å². The van der Waals surface area contributed by atoms with Gasteiger partial charge in [-0.1, -0.05) is 13.3 Å². The van der Waals surface area contributed by atoms with Crippen molar-refractivity contribution in [2.75, 3.05) is 13.7 Å². The van der Waals surface area contributed by atoms with E-state index in [0.29, 0.717) is 5.56 Å². The van der Waals surface area contributed by atoms with Gasteiger partial charge in [-0.05, 0) is 44.5 Å². The van der Waals surface area contributed by atoms with Crippen molar-refractivity contribution in [2.24, 2.45) is 4.99 Å². The zero-order valence-corrected chi connectivity index (χ0v) is 13.6. The van der Waals surface area contributed by atoms with Gasteiger partial charge in [0.05, 0.1) is 18.4 Å². The first kappa shape index (κ1) is 16.1. The van der Waals surface area contributed by atoms with Crippen molar-refractivity contribution < 1.29 is 4.74 Å². The number of hydrogen-bond acceptors (Lipinski definition) is 3. The van der Waals surface area contributed by atoms with Gasteiger partial charge < -0.3 is 4.74 Å². The molecule has 1 heterocycles. The lowest BCUT2D eigenvalue weighted by Gasteiger charge is -2.03. The van der Waals surface area contributed by atoms with Gasteiger partial charge in [0.1, 0.15) is 5.75 Å². The molecule has 0 amide bonds. The molecule has 2 rings (SSSR count). The van der Waals surface area contributed by atoms with Crippen molar-refractivity contribution in [2.45, 2.75) is 33.6 Å². The van der Waals surface area contributed by atoms with Gasteiger partial charge in [-0.15, -0.1) is 0 Å². The molecule has 0 saturated carbocycles. The van der Waals surface area contributed by atoms with Crippen LogP contribution in [-0.2, 0) is 0 Å². The smallest absolute Gasteiger partial charge is 0.280 e. The van der Waals surface area contributed by atoms with Crippen LogP contribution in [0.2, 0.25) is 0 Å². The second-order valence-electron chi connectivity index (χ2n) is 5.27. The summed E-state index contributed by atoms with van der Waals surface area (Å²) in [5.74, 6) is 0.762. The third kappa shape index (κ3) is 3.30. The van der Waals surface area contributed by atoms with Crippen LogP contribution in [0.1, 0.15) is 37.9 Å². The van der Waals surface area contributed by atoms with Gasteiger partial charge in [0.15, 0.2) is 0 Å². The monoisotopic (exact) mass is 301 g/mol. The number of H-pyrrole nitrogens is 1. The molecule has 0 aliphatic rings. The molecule has 1 N–H and O–H groups in total. The minimum atomic E-state index is -0.0691. The third-order valence-corrected chi connectivity index (χ3v) is 3.62. The van der Waals surface area contributed by atoms with Crippen LogP contribution in [0, 0.1) is 6.92 Å². The molecule has 5 heteroatoms. The van der Waals surface area contributed by atoms with Gasteiger partial charge >= 0.3 is 0 Å². The fourth-order valence-corrected chi connectivity index (χ4v) is 2.37. The summed E-state index contributed by atoms with van der Waals surface area (Å²) in [6.45, 7) is 6.68. The molecule has 0 aliphatic carbocycles. The average molecular weight is 301 g/mol. The Morgan fingerprint density at radius 3 is 2.59 bits per heavy atom. The van der Waals surface area contributed by atoms with Crippen LogP contribution in [0.5, 0.6) is 5.75 Å². The lowest BCUT2D eigenvalue weighted by atomic mass is 10.2. The first-order valence-corrected chi connectivity index (χ1v) is 7.56. The van der Waals surface area contributed by atoms with Crippen LogP contribution in [0.15, 0.2) is 34.1 Å². The van der Waals surface area contributed by atoms with E-state index in [1.807, 2.05) is 38.1 Å². The molecule has 1 aromatic carbocycles. The topological polar surface area (TPSA) is 59.4 Å². The highest BCUT2D eigenvalue weighted by atomic mass is 16.5. The predicted octanol–water partition coefficient (Wildman–Crippen LogP) is 3.09. The lowest BCUT2D eigenvalue weighted by Crippen LogP contribution is -2.19. The normalized spacial score (nSPS) is 11.7. The van der Waals surface area contributed by atoms with Gasteiger partial charge in [0, 0.05) is 18.0 Å². The van der Waals surface area contributed by atoms with Gasteiger partial charge in [-0.25, -0.2) is 4.68 Å². The largest absolute Gasteiger partial charge is 0.497 e. The maximum atomic E-state index is 12.6. The van der Waals surface area contributed by atoms with E-state index in [1.54, 1.807) is 11.8 Å². The van der Waals surface area contributed by atoms with Crippen LogP contribution in [0.4, 0.5) is 0 Å². The summed E-state index contributed by atoms with van der Waals surface area (Å²) in [5.41, 5.74) is 2.99. The highest BCUT2D eigenvalue weighted by Gasteiger charge is 2.14. The summed E-state index contributed by atoms with van der Waals surface area (Å²) in [6, 6.07) is 7.37. The third-order valence-electron chi connectivity index (χ3n) is 3.62. The number of benzene rings is 1. The number of aromatic amines is 1. The molecule has 0 saturated heterocycles. The highest BCUT2D eigenvalue weighted by Crippen LogP contribution is 2.14. The Labute approximate surface area is 130 Å².